The molecule has 3 nitrogen and oxygen atoms in total. The van der Waals surface area contributed by atoms with Crippen molar-refractivity contribution in [1.29, 1.82) is 0 Å². The fourth-order valence-electron chi connectivity index (χ4n) is 9.39. The second-order valence-corrected chi connectivity index (χ2v) is 15.2. The van der Waals surface area contributed by atoms with Gasteiger partial charge in [0.2, 0.25) is 5.96 Å². The Morgan fingerprint density at radius 1 is 0.644 bits per heavy atom. The highest BCUT2D eigenvalue weighted by molar-refractivity contribution is 6.00. The molecule has 0 aromatic heterocycles. The van der Waals surface area contributed by atoms with E-state index in [1.165, 1.54) is 100 Å². The van der Waals surface area contributed by atoms with E-state index in [1.807, 2.05) is 0 Å². The summed E-state index contributed by atoms with van der Waals surface area (Å²) in [6, 6.07) is 31.6. The summed E-state index contributed by atoms with van der Waals surface area (Å²) in [6.45, 7) is 11.3. The quantitative estimate of drug-likeness (QED) is 0.200. The summed E-state index contributed by atoms with van der Waals surface area (Å²) >= 11 is 0. The first kappa shape index (κ1) is 27.5. The van der Waals surface area contributed by atoms with Gasteiger partial charge in [-0.2, -0.15) is 0 Å². The van der Waals surface area contributed by atoms with E-state index in [2.05, 4.69) is 109 Å². The molecule has 1 atom stereocenters. The van der Waals surface area contributed by atoms with Gasteiger partial charge >= 0.3 is 0 Å². The molecule has 228 valence electrons. The summed E-state index contributed by atoms with van der Waals surface area (Å²) in [4.78, 5) is 10.1. The lowest BCUT2D eigenvalue weighted by atomic mass is 9.69. The number of nitrogens with zero attached hydrogens (tertiary/aromatic N) is 3. The van der Waals surface area contributed by atoms with Crippen LogP contribution in [0.1, 0.15) is 105 Å². The fourth-order valence-corrected chi connectivity index (χ4v) is 9.39. The van der Waals surface area contributed by atoms with Gasteiger partial charge in [-0.3, -0.25) is 4.99 Å². The number of aliphatic imine (C=N–C) groups is 1. The van der Waals surface area contributed by atoms with E-state index in [1.54, 1.807) is 5.56 Å². The van der Waals surface area contributed by atoms with Crippen molar-refractivity contribution < 1.29 is 0 Å². The van der Waals surface area contributed by atoms with Crippen LogP contribution in [0.5, 0.6) is 0 Å². The Morgan fingerprint density at radius 3 is 2.16 bits per heavy atom. The van der Waals surface area contributed by atoms with Crippen molar-refractivity contribution in [3.8, 4) is 22.3 Å². The predicted molar refractivity (Wildman–Crippen MR) is 188 cm³/mol. The van der Waals surface area contributed by atoms with Crippen molar-refractivity contribution >= 4 is 11.6 Å². The van der Waals surface area contributed by atoms with Gasteiger partial charge in [0, 0.05) is 31.9 Å². The second kappa shape index (κ2) is 10.1. The lowest BCUT2D eigenvalue weighted by Gasteiger charge is -2.41. The minimum Gasteiger partial charge on any atom is -0.342 e. The maximum atomic E-state index is 5.07. The van der Waals surface area contributed by atoms with Crippen LogP contribution in [0.15, 0.2) is 83.9 Å². The molecule has 2 fully saturated rings. The van der Waals surface area contributed by atoms with E-state index in [-0.39, 0.29) is 10.8 Å². The van der Waals surface area contributed by atoms with Crippen molar-refractivity contribution in [3.63, 3.8) is 0 Å². The Hall–Kier alpha value is -3.85. The zero-order valence-electron chi connectivity index (χ0n) is 27.2. The molecule has 1 saturated carbocycles. The normalized spacial score (nSPS) is 22.1. The van der Waals surface area contributed by atoms with Crippen LogP contribution in [-0.2, 0) is 10.8 Å². The number of hydrogen-bond acceptors (Lipinski definition) is 3. The molecule has 5 aliphatic rings. The summed E-state index contributed by atoms with van der Waals surface area (Å²) in [5, 5.41) is 0. The average molecular weight is 592 g/mol. The summed E-state index contributed by atoms with van der Waals surface area (Å²) in [6.07, 6.45) is 9.06. The molecule has 0 amide bonds. The molecule has 45 heavy (non-hydrogen) atoms. The molecule has 0 bridgehead atoms. The number of benzene rings is 4. The Bertz CT molecular complexity index is 1850. The molecular formula is C42H45N3. The zero-order chi connectivity index (χ0) is 30.3. The smallest absolute Gasteiger partial charge is 0.201 e. The number of fused-ring (bicyclic) bond motifs is 11. The molecule has 1 unspecified atom stereocenters. The summed E-state index contributed by atoms with van der Waals surface area (Å²) in [7, 11) is 0. The van der Waals surface area contributed by atoms with Crippen LogP contribution in [0.25, 0.3) is 22.3 Å². The Morgan fingerprint density at radius 2 is 1.33 bits per heavy atom. The third-order valence-electron chi connectivity index (χ3n) is 11.6. The van der Waals surface area contributed by atoms with Crippen LogP contribution in [0.3, 0.4) is 0 Å². The van der Waals surface area contributed by atoms with Crippen LogP contribution >= 0.6 is 0 Å². The van der Waals surface area contributed by atoms with Gasteiger partial charge in [0.1, 0.15) is 0 Å². The molecule has 3 aliphatic carbocycles. The first-order valence-electron chi connectivity index (χ1n) is 17.6. The van der Waals surface area contributed by atoms with Crippen LogP contribution in [0.4, 0.5) is 5.69 Å². The molecule has 2 aliphatic heterocycles. The lowest BCUT2D eigenvalue weighted by molar-refractivity contribution is 0.360. The summed E-state index contributed by atoms with van der Waals surface area (Å²) < 4.78 is 0. The summed E-state index contributed by atoms with van der Waals surface area (Å²) in [5.41, 5.74) is 15.4. The van der Waals surface area contributed by atoms with Crippen LogP contribution in [0, 0.1) is 0 Å². The monoisotopic (exact) mass is 591 g/mol. The van der Waals surface area contributed by atoms with Crippen LogP contribution < -0.4 is 4.90 Å². The fraction of sp³-hybridized carbons (Fsp3) is 0.405. The molecule has 2 heterocycles. The Labute approximate surface area is 269 Å². The van der Waals surface area contributed by atoms with Gasteiger partial charge in [-0.15, -0.1) is 0 Å². The number of hydrogen-bond donors (Lipinski definition) is 0. The van der Waals surface area contributed by atoms with Gasteiger partial charge < -0.3 is 9.80 Å². The molecule has 1 saturated heterocycles. The SMILES string of the molecule is CC(C)(C)c1ccc2c(c1)C1(c3ccccc3-c3ccc(N4CCCN5CCCN=C54)cc31)c1cc(C3CCCCC3)ccc1-2. The van der Waals surface area contributed by atoms with Gasteiger partial charge in [0.05, 0.1) is 5.41 Å². The Balaban J connectivity index is 1.32. The standard InChI is InChI=1S/C42H45N3/c1-41(2,3)30-16-19-34-33-18-15-29(28-11-5-4-6-12-28)25-37(33)42(38(34)26-30)36-14-8-7-13-32(36)35-20-17-31(27-39(35)42)45-24-10-23-44-22-9-21-43-40(44)45/h7-8,13-20,25-28H,4-6,9-12,21-24H2,1-3H3. The zero-order valence-corrected chi connectivity index (χ0v) is 27.2. The lowest BCUT2D eigenvalue weighted by Crippen LogP contribution is -2.52. The molecule has 4 aromatic carbocycles. The van der Waals surface area contributed by atoms with Crippen molar-refractivity contribution in [2.45, 2.75) is 82.5 Å². The highest BCUT2D eigenvalue weighted by Gasteiger charge is 2.52. The molecule has 0 radical (unpaired) electrons. The topological polar surface area (TPSA) is 18.8 Å². The minimum absolute atomic E-state index is 0.0669. The first-order valence-corrected chi connectivity index (χ1v) is 17.6. The summed E-state index contributed by atoms with van der Waals surface area (Å²) in [5.74, 6) is 1.85. The maximum Gasteiger partial charge on any atom is 0.201 e. The van der Waals surface area contributed by atoms with E-state index >= 15 is 0 Å². The van der Waals surface area contributed by atoms with Crippen molar-refractivity contribution in [2.24, 2.45) is 4.99 Å². The van der Waals surface area contributed by atoms with Gasteiger partial charge in [-0.1, -0.05) is 107 Å². The van der Waals surface area contributed by atoms with Crippen LogP contribution in [0.2, 0.25) is 0 Å². The van der Waals surface area contributed by atoms with Gasteiger partial charge in [-0.05, 0) is 105 Å². The maximum absolute atomic E-state index is 5.07. The molecule has 9 rings (SSSR count). The molecule has 0 N–H and O–H groups in total. The first-order chi connectivity index (χ1) is 21.9. The van der Waals surface area contributed by atoms with Crippen molar-refractivity contribution in [3.05, 3.63) is 112 Å². The van der Waals surface area contributed by atoms with E-state index in [0.29, 0.717) is 5.92 Å². The van der Waals surface area contributed by atoms with Crippen LogP contribution in [-0.4, -0.2) is 37.0 Å². The predicted octanol–water partition coefficient (Wildman–Crippen LogP) is 9.65. The van der Waals surface area contributed by atoms with E-state index < -0.39 is 0 Å². The molecule has 3 heteroatoms. The van der Waals surface area contributed by atoms with Crippen molar-refractivity contribution in [2.75, 3.05) is 31.1 Å². The molecule has 4 aromatic rings. The third-order valence-corrected chi connectivity index (χ3v) is 11.6. The number of guanidine groups is 1. The minimum atomic E-state index is -0.331. The third kappa shape index (κ3) is 3.98. The average Bonchev–Trinajstić information content (AvgIpc) is 3.54. The Kier molecular flexibility index (Phi) is 6.15. The van der Waals surface area contributed by atoms with Gasteiger partial charge in [0.15, 0.2) is 0 Å². The van der Waals surface area contributed by atoms with E-state index in [4.69, 9.17) is 4.99 Å². The number of anilines is 1. The van der Waals surface area contributed by atoms with E-state index in [9.17, 15) is 0 Å². The molecular weight excluding hydrogens is 546 g/mol. The van der Waals surface area contributed by atoms with E-state index in [0.717, 1.165) is 32.6 Å². The highest BCUT2D eigenvalue weighted by atomic mass is 15.4. The largest absolute Gasteiger partial charge is 0.342 e. The highest BCUT2D eigenvalue weighted by Crippen LogP contribution is 2.64. The molecule has 1 spiro atoms. The van der Waals surface area contributed by atoms with Gasteiger partial charge in [-0.25, -0.2) is 0 Å². The second-order valence-electron chi connectivity index (χ2n) is 15.2. The van der Waals surface area contributed by atoms with Gasteiger partial charge in [0.25, 0.3) is 0 Å². The number of rotatable bonds is 2. The van der Waals surface area contributed by atoms with Crippen molar-refractivity contribution in [1.82, 2.24) is 4.90 Å².